The largest absolute Gasteiger partial charge is 0.497 e. The Bertz CT molecular complexity index is 637. The molecule has 2 aliphatic rings. The minimum absolute atomic E-state index is 0.105. The molecular formula is C15H12N2O2. The van der Waals surface area contributed by atoms with E-state index in [9.17, 15) is 4.79 Å². The summed E-state index contributed by atoms with van der Waals surface area (Å²) >= 11 is 0. The highest BCUT2D eigenvalue weighted by atomic mass is 16.5. The Morgan fingerprint density at radius 1 is 1.21 bits per heavy atom. The number of rotatable bonds is 2. The van der Waals surface area contributed by atoms with Crippen LogP contribution in [0.2, 0.25) is 0 Å². The van der Waals surface area contributed by atoms with Gasteiger partial charge in [0, 0.05) is 6.20 Å². The van der Waals surface area contributed by atoms with Crippen molar-refractivity contribution in [3.8, 4) is 5.75 Å². The number of amides is 1. The summed E-state index contributed by atoms with van der Waals surface area (Å²) in [5.74, 6) is 1.34. The topological polar surface area (TPSA) is 41.9 Å². The standard InChI is InChI=1S/C15H12N2O2/c1-19-12-7-5-11(6-8-12)10-13-15(18)17-9-3-2-4-14(17)16-13/h2-10H,1H3/b13-10+. The van der Waals surface area contributed by atoms with Crippen molar-refractivity contribution in [2.75, 3.05) is 7.11 Å². The number of hydrogen-bond donors (Lipinski definition) is 0. The highest BCUT2D eigenvalue weighted by Crippen LogP contribution is 2.21. The third-order valence-corrected chi connectivity index (χ3v) is 2.93. The van der Waals surface area contributed by atoms with E-state index in [1.165, 1.54) is 4.90 Å². The van der Waals surface area contributed by atoms with E-state index in [0.29, 0.717) is 11.5 Å². The number of carbonyl (C=O) groups is 1. The Morgan fingerprint density at radius 2 is 2.00 bits per heavy atom. The van der Waals surface area contributed by atoms with Crippen molar-refractivity contribution in [3.63, 3.8) is 0 Å². The van der Waals surface area contributed by atoms with Crippen LogP contribution in [0.15, 0.2) is 59.4 Å². The number of amidine groups is 1. The third kappa shape index (κ3) is 2.08. The van der Waals surface area contributed by atoms with E-state index >= 15 is 0 Å². The zero-order valence-electron chi connectivity index (χ0n) is 10.4. The van der Waals surface area contributed by atoms with Gasteiger partial charge in [0.05, 0.1) is 7.11 Å². The predicted octanol–water partition coefficient (Wildman–Crippen LogP) is 2.36. The molecule has 0 aromatic heterocycles. The fourth-order valence-electron chi connectivity index (χ4n) is 1.94. The lowest BCUT2D eigenvalue weighted by Crippen LogP contribution is -2.26. The van der Waals surface area contributed by atoms with Gasteiger partial charge in [-0.05, 0) is 35.9 Å². The first-order chi connectivity index (χ1) is 9.28. The number of ether oxygens (including phenoxy) is 1. The lowest BCUT2D eigenvalue weighted by molar-refractivity contribution is -0.120. The summed E-state index contributed by atoms with van der Waals surface area (Å²) in [6.07, 6.45) is 8.98. The summed E-state index contributed by atoms with van der Waals surface area (Å²) in [7, 11) is 1.62. The van der Waals surface area contributed by atoms with E-state index in [0.717, 1.165) is 11.3 Å². The van der Waals surface area contributed by atoms with Gasteiger partial charge in [-0.25, -0.2) is 4.99 Å². The molecule has 0 atom stereocenters. The molecule has 2 heterocycles. The third-order valence-electron chi connectivity index (χ3n) is 2.93. The van der Waals surface area contributed by atoms with E-state index in [4.69, 9.17) is 4.74 Å². The maximum absolute atomic E-state index is 12.1. The van der Waals surface area contributed by atoms with Crippen molar-refractivity contribution < 1.29 is 9.53 Å². The number of benzene rings is 1. The van der Waals surface area contributed by atoms with Gasteiger partial charge < -0.3 is 4.74 Å². The van der Waals surface area contributed by atoms with E-state index in [2.05, 4.69) is 4.99 Å². The molecule has 19 heavy (non-hydrogen) atoms. The van der Waals surface area contributed by atoms with Gasteiger partial charge in [-0.1, -0.05) is 18.2 Å². The second-order valence-electron chi connectivity index (χ2n) is 4.15. The number of aliphatic imine (C=N–C) groups is 1. The molecule has 1 amide bonds. The van der Waals surface area contributed by atoms with Crippen LogP contribution in [0.5, 0.6) is 5.75 Å². The first-order valence-corrected chi connectivity index (χ1v) is 5.91. The fraction of sp³-hybridized carbons (Fsp3) is 0.0667. The maximum Gasteiger partial charge on any atom is 0.282 e. The lowest BCUT2D eigenvalue weighted by atomic mass is 10.2. The Balaban J connectivity index is 1.91. The van der Waals surface area contributed by atoms with Gasteiger partial charge in [-0.3, -0.25) is 9.69 Å². The van der Waals surface area contributed by atoms with Crippen molar-refractivity contribution in [2.24, 2.45) is 4.99 Å². The second-order valence-corrected chi connectivity index (χ2v) is 4.15. The molecule has 0 spiro atoms. The van der Waals surface area contributed by atoms with Gasteiger partial charge in [-0.15, -0.1) is 0 Å². The number of methoxy groups -OCH3 is 1. The Hall–Kier alpha value is -2.62. The smallest absolute Gasteiger partial charge is 0.282 e. The van der Waals surface area contributed by atoms with Gasteiger partial charge in [0.1, 0.15) is 17.3 Å². The Labute approximate surface area is 111 Å². The van der Waals surface area contributed by atoms with Gasteiger partial charge >= 0.3 is 0 Å². The van der Waals surface area contributed by atoms with Crippen LogP contribution >= 0.6 is 0 Å². The fourth-order valence-corrected chi connectivity index (χ4v) is 1.94. The normalized spacial score (nSPS) is 18.8. The molecule has 0 bridgehead atoms. The van der Waals surface area contributed by atoms with Crippen LogP contribution in [0.25, 0.3) is 6.08 Å². The van der Waals surface area contributed by atoms with E-state index < -0.39 is 0 Å². The van der Waals surface area contributed by atoms with Crippen LogP contribution < -0.4 is 4.74 Å². The zero-order valence-corrected chi connectivity index (χ0v) is 10.4. The van der Waals surface area contributed by atoms with Gasteiger partial charge in [-0.2, -0.15) is 0 Å². The van der Waals surface area contributed by atoms with Crippen molar-refractivity contribution in [2.45, 2.75) is 0 Å². The highest BCUT2D eigenvalue weighted by Gasteiger charge is 2.27. The summed E-state index contributed by atoms with van der Waals surface area (Å²) in [5, 5.41) is 0. The molecule has 0 unspecified atom stereocenters. The van der Waals surface area contributed by atoms with E-state index in [1.54, 1.807) is 19.4 Å². The molecule has 94 valence electrons. The van der Waals surface area contributed by atoms with Gasteiger partial charge in [0.2, 0.25) is 0 Å². The Morgan fingerprint density at radius 3 is 2.68 bits per heavy atom. The van der Waals surface area contributed by atoms with Crippen molar-refractivity contribution in [3.05, 3.63) is 60.0 Å². The van der Waals surface area contributed by atoms with Crippen LogP contribution in [0.1, 0.15) is 5.56 Å². The highest BCUT2D eigenvalue weighted by molar-refractivity contribution is 6.18. The SMILES string of the molecule is COc1ccc(/C=C2/N=C3C=CC=CN3C2=O)cc1. The van der Waals surface area contributed by atoms with Gasteiger partial charge in [0.25, 0.3) is 5.91 Å². The van der Waals surface area contributed by atoms with E-state index in [1.807, 2.05) is 42.5 Å². The molecule has 3 rings (SSSR count). The summed E-state index contributed by atoms with van der Waals surface area (Å²) in [5.41, 5.74) is 1.36. The summed E-state index contributed by atoms with van der Waals surface area (Å²) in [6.45, 7) is 0. The summed E-state index contributed by atoms with van der Waals surface area (Å²) in [4.78, 5) is 18.0. The molecular weight excluding hydrogens is 240 g/mol. The Kier molecular flexibility index (Phi) is 2.76. The van der Waals surface area contributed by atoms with Crippen LogP contribution in [-0.2, 0) is 4.79 Å². The zero-order chi connectivity index (χ0) is 13.2. The van der Waals surface area contributed by atoms with E-state index in [-0.39, 0.29) is 5.91 Å². The molecule has 2 aliphatic heterocycles. The average Bonchev–Trinajstić information content (AvgIpc) is 2.77. The molecule has 4 nitrogen and oxygen atoms in total. The number of hydrogen-bond acceptors (Lipinski definition) is 3. The van der Waals surface area contributed by atoms with Crippen molar-refractivity contribution >= 4 is 17.8 Å². The van der Waals surface area contributed by atoms with Crippen LogP contribution in [0.3, 0.4) is 0 Å². The molecule has 4 heteroatoms. The predicted molar refractivity (Wildman–Crippen MR) is 73.5 cm³/mol. The molecule has 1 aromatic rings. The average molecular weight is 252 g/mol. The number of carbonyl (C=O) groups excluding carboxylic acids is 1. The lowest BCUT2D eigenvalue weighted by Gasteiger charge is -2.11. The number of allylic oxidation sites excluding steroid dienone is 2. The van der Waals surface area contributed by atoms with Crippen LogP contribution in [-0.4, -0.2) is 23.8 Å². The van der Waals surface area contributed by atoms with Crippen LogP contribution in [0.4, 0.5) is 0 Å². The van der Waals surface area contributed by atoms with Crippen LogP contribution in [0, 0.1) is 0 Å². The molecule has 0 saturated heterocycles. The molecule has 0 saturated carbocycles. The first-order valence-electron chi connectivity index (χ1n) is 5.91. The first kappa shape index (κ1) is 11.5. The number of fused-ring (bicyclic) bond motifs is 1. The summed E-state index contributed by atoms with van der Waals surface area (Å²) in [6, 6.07) is 7.49. The summed E-state index contributed by atoms with van der Waals surface area (Å²) < 4.78 is 5.10. The molecule has 0 radical (unpaired) electrons. The van der Waals surface area contributed by atoms with Gasteiger partial charge in [0.15, 0.2) is 0 Å². The molecule has 0 fully saturated rings. The maximum atomic E-state index is 12.1. The number of nitrogens with zero attached hydrogens (tertiary/aromatic N) is 2. The van der Waals surface area contributed by atoms with Crippen molar-refractivity contribution in [1.82, 2.24) is 4.90 Å². The quantitative estimate of drug-likeness (QED) is 0.758. The second kappa shape index (κ2) is 4.57. The molecule has 0 N–H and O–H groups in total. The molecule has 0 aliphatic carbocycles. The van der Waals surface area contributed by atoms with Crippen molar-refractivity contribution in [1.29, 1.82) is 0 Å². The minimum atomic E-state index is -0.105. The molecule has 1 aromatic carbocycles. The monoisotopic (exact) mass is 252 g/mol. The minimum Gasteiger partial charge on any atom is -0.497 e.